The van der Waals surface area contributed by atoms with E-state index in [0.717, 1.165) is 50.3 Å². The molecule has 1 N–H and O–H groups in total. The first-order valence-corrected chi connectivity index (χ1v) is 7.58. The molecule has 116 valence electrons. The number of aromatic nitrogens is 2. The van der Waals surface area contributed by atoms with E-state index in [1.165, 1.54) is 0 Å². The number of piperidine rings is 1. The van der Waals surface area contributed by atoms with Crippen molar-refractivity contribution in [2.24, 2.45) is 0 Å². The Labute approximate surface area is 125 Å². The van der Waals surface area contributed by atoms with Crippen molar-refractivity contribution in [3.8, 4) is 0 Å². The molecule has 1 aliphatic heterocycles. The topological polar surface area (TPSA) is 75.5 Å². The fourth-order valence-corrected chi connectivity index (χ4v) is 2.52. The fraction of sp³-hybridized carbons (Fsp3) is 0.667. The van der Waals surface area contributed by atoms with Gasteiger partial charge in [-0.05, 0) is 19.3 Å². The predicted molar refractivity (Wildman–Crippen MR) is 79.5 cm³/mol. The lowest BCUT2D eigenvalue weighted by Crippen LogP contribution is -2.37. The molecule has 1 saturated heterocycles. The second kappa shape index (κ2) is 7.93. The van der Waals surface area contributed by atoms with E-state index < -0.39 is 5.97 Å². The first-order valence-electron chi connectivity index (χ1n) is 7.58. The Hall–Kier alpha value is -1.69. The van der Waals surface area contributed by atoms with E-state index in [9.17, 15) is 4.79 Å². The number of aryl methyl sites for hydroxylation is 1. The van der Waals surface area contributed by atoms with Crippen molar-refractivity contribution in [3.63, 3.8) is 0 Å². The number of anilines is 1. The average molecular weight is 293 g/mol. The van der Waals surface area contributed by atoms with E-state index in [0.29, 0.717) is 6.61 Å². The Morgan fingerprint density at radius 2 is 2.19 bits per heavy atom. The van der Waals surface area contributed by atoms with Gasteiger partial charge in [0.05, 0.1) is 19.1 Å². The number of carboxylic acids is 1. The van der Waals surface area contributed by atoms with Crippen LogP contribution < -0.4 is 4.90 Å². The van der Waals surface area contributed by atoms with Crippen LogP contribution in [-0.2, 0) is 16.0 Å². The van der Waals surface area contributed by atoms with Crippen molar-refractivity contribution in [2.75, 3.05) is 24.6 Å². The lowest BCUT2D eigenvalue weighted by molar-refractivity contribution is -0.138. The number of ether oxygens (including phenoxy) is 1. The summed E-state index contributed by atoms with van der Waals surface area (Å²) >= 11 is 0. The summed E-state index contributed by atoms with van der Waals surface area (Å²) in [5.74, 6) is 0.175. The highest BCUT2D eigenvalue weighted by Gasteiger charge is 2.21. The van der Waals surface area contributed by atoms with Gasteiger partial charge in [0.25, 0.3) is 0 Å². The summed E-state index contributed by atoms with van der Waals surface area (Å²) in [4.78, 5) is 21.3. The summed E-state index contributed by atoms with van der Waals surface area (Å²) < 4.78 is 5.60. The first kappa shape index (κ1) is 15.7. The predicted octanol–water partition coefficient (Wildman–Crippen LogP) is 1.89. The molecule has 0 aliphatic carbocycles. The summed E-state index contributed by atoms with van der Waals surface area (Å²) in [6, 6.07) is 2.06. The van der Waals surface area contributed by atoms with Gasteiger partial charge in [0, 0.05) is 24.8 Å². The number of hydrogen-bond acceptors (Lipinski definition) is 5. The van der Waals surface area contributed by atoms with Gasteiger partial charge in [0.1, 0.15) is 12.1 Å². The van der Waals surface area contributed by atoms with Gasteiger partial charge in [-0.2, -0.15) is 0 Å². The fourth-order valence-electron chi connectivity index (χ4n) is 2.52. The maximum Gasteiger partial charge on any atom is 0.305 e. The van der Waals surface area contributed by atoms with E-state index >= 15 is 0 Å². The van der Waals surface area contributed by atoms with Crippen LogP contribution in [0.5, 0.6) is 0 Å². The molecule has 0 bridgehead atoms. The van der Waals surface area contributed by atoms with Crippen LogP contribution >= 0.6 is 0 Å². The number of hydrogen-bond donors (Lipinski definition) is 1. The average Bonchev–Trinajstić information content (AvgIpc) is 2.48. The van der Waals surface area contributed by atoms with E-state index in [2.05, 4.69) is 27.9 Å². The van der Waals surface area contributed by atoms with Crippen LogP contribution in [0.2, 0.25) is 0 Å². The molecule has 1 fully saturated rings. The lowest BCUT2D eigenvalue weighted by Gasteiger charge is -2.32. The molecular formula is C15H23N3O3. The third kappa shape index (κ3) is 4.97. The van der Waals surface area contributed by atoms with Crippen molar-refractivity contribution < 1.29 is 14.6 Å². The van der Waals surface area contributed by atoms with E-state index in [-0.39, 0.29) is 12.5 Å². The molecule has 0 saturated carbocycles. The van der Waals surface area contributed by atoms with Gasteiger partial charge < -0.3 is 14.7 Å². The number of carbonyl (C=O) groups is 1. The summed E-state index contributed by atoms with van der Waals surface area (Å²) in [7, 11) is 0. The van der Waals surface area contributed by atoms with Crippen molar-refractivity contribution in [3.05, 3.63) is 18.1 Å². The van der Waals surface area contributed by atoms with Gasteiger partial charge in [-0.1, -0.05) is 13.3 Å². The second-order valence-corrected chi connectivity index (χ2v) is 5.32. The number of nitrogens with zero attached hydrogens (tertiary/aromatic N) is 3. The van der Waals surface area contributed by atoms with Gasteiger partial charge >= 0.3 is 5.97 Å². The minimum absolute atomic E-state index is 0.0759. The largest absolute Gasteiger partial charge is 0.481 e. The van der Waals surface area contributed by atoms with Crippen LogP contribution in [0.15, 0.2) is 12.4 Å². The molecule has 1 aromatic rings. The van der Waals surface area contributed by atoms with Crippen molar-refractivity contribution in [2.45, 2.75) is 45.1 Å². The second-order valence-electron chi connectivity index (χ2n) is 5.32. The third-order valence-electron chi connectivity index (χ3n) is 3.65. The van der Waals surface area contributed by atoms with E-state index in [4.69, 9.17) is 9.84 Å². The molecular weight excluding hydrogens is 270 g/mol. The Kier molecular flexibility index (Phi) is 5.92. The molecule has 6 nitrogen and oxygen atoms in total. The monoisotopic (exact) mass is 293 g/mol. The first-order chi connectivity index (χ1) is 10.2. The molecule has 0 amide bonds. The maximum absolute atomic E-state index is 10.5. The van der Waals surface area contributed by atoms with Crippen molar-refractivity contribution in [1.29, 1.82) is 0 Å². The number of rotatable bonds is 7. The zero-order chi connectivity index (χ0) is 15.1. The highest BCUT2D eigenvalue weighted by Crippen LogP contribution is 2.20. The van der Waals surface area contributed by atoms with E-state index in [1.54, 1.807) is 6.33 Å². The summed E-state index contributed by atoms with van der Waals surface area (Å²) in [5.41, 5.74) is 1.09. The van der Waals surface area contributed by atoms with Crippen LogP contribution in [-0.4, -0.2) is 46.8 Å². The molecule has 2 heterocycles. The summed E-state index contributed by atoms with van der Waals surface area (Å²) in [6.45, 7) is 4.22. The summed E-state index contributed by atoms with van der Waals surface area (Å²) in [5, 5.41) is 8.60. The molecule has 0 radical (unpaired) electrons. The molecule has 0 atom stereocenters. The lowest BCUT2D eigenvalue weighted by atomic mass is 10.1. The van der Waals surface area contributed by atoms with Crippen LogP contribution in [0.4, 0.5) is 5.82 Å². The van der Waals surface area contributed by atoms with Gasteiger partial charge in [-0.15, -0.1) is 0 Å². The van der Waals surface area contributed by atoms with Gasteiger partial charge in [-0.3, -0.25) is 4.79 Å². The van der Waals surface area contributed by atoms with Crippen molar-refractivity contribution in [1.82, 2.24) is 9.97 Å². The van der Waals surface area contributed by atoms with Crippen LogP contribution in [0, 0.1) is 0 Å². The highest BCUT2D eigenvalue weighted by molar-refractivity contribution is 5.66. The van der Waals surface area contributed by atoms with Crippen LogP contribution in [0.3, 0.4) is 0 Å². The maximum atomic E-state index is 10.5. The zero-order valence-electron chi connectivity index (χ0n) is 12.5. The normalized spacial score (nSPS) is 16.1. The number of carboxylic acid groups (broad SMARTS) is 1. The SMILES string of the molecule is CCCc1cc(N2CCC(OCCC(=O)O)CC2)ncn1. The van der Waals surface area contributed by atoms with Gasteiger partial charge in [-0.25, -0.2) is 9.97 Å². The Morgan fingerprint density at radius 1 is 1.43 bits per heavy atom. The molecule has 2 rings (SSSR count). The molecule has 6 heteroatoms. The highest BCUT2D eigenvalue weighted by atomic mass is 16.5. The Bertz CT molecular complexity index is 459. The Balaban J connectivity index is 1.80. The zero-order valence-corrected chi connectivity index (χ0v) is 12.5. The molecule has 1 aliphatic rings. The molecule has 0 unspecified atom stereocenters. The minimum atomic E-state index is -0.808. The standard InChI is InChI=1S/C15H23N3O3/c1-2-3-12-10-14(17-11-16-12)18-7-4-13(5-8-18)21-9-6-15(19)20/h10-11,13H,2-9H2,1H3,(H,19,20). The quantitative estimate of drug-likeness (QED) is 0.827. The minimum Gasteiger partial charge on any atom is -0.481 e. The van der Waals surface area contributed by atoms with E-state index in [1.807, 2.05) is 0 Å². The summed E-state index contributed by atoms with van der Waals surface area (Å²) in [6.07, 6.45) is 5.75. The molecule has 0 spiro atoms. The third-order valence-corrected chi connectivity index (χ3v) is 3.65. The van der Waals surface area contributed by atoms with Crippen molar-refractivity contribution >= 4 is 11.8 Å². The Morgan fingerprint density at radius 3 is 2.86 bits per heavy atom. The van der Waals surface area contributed by atoms with Crippen LogP contribution in [0.25, 0.3) is 0 Å². The smallest absolute Gasteiger partial charge is 0.305 e. The molecule has 0 aromatic carbocycles. The van der Waals surface area contributed by atoms with Crippen LogP contribution in [0.1, 0.15) is 38.3 Å². The van der Waals surface area contributed by atoms with Gasteiger partial charge in [0.15, 0.2) is 0 Å². The molecule has 21 heavy (non-hydrogen) atoms. The van der Waals surface area contributed by atoms with Gasteiger partial charge in [0.2, 0.25) is 0 Å². The molecule has 1 aromatic heterocycles. The number of aliphatic carboxylic acids is 1.